The molecule has 4 rings (SSSR count). The number of nitrogens with one attached hydrogen (secondary N) is 1. The van der Waals surface area contributed by atoms with Gasteiger partial charge in [-0.1, -0.05) is 29.8 Å². The summed E-state index contributed by atoms with van der Waals surface area (Å²) in [6.45, 7) is 2.05. The van der Waals surface area contributed by atoms with Crippen LogP contribution in [0.5, 0.6) is 5.75 Å². The Bertz CT molecular complexity index is 914. The Kier molecular flexibility index (Phi) is 4.56. The second-order valence-electron chi connectivity index (χ2n) is 7.18. The maximum absolute atomic E-state index is 13.0. The first-order valence-electron chi connectivity index (χ1n) is 9.05. The number of hydrogen-bond donors (Lipinski definition) is 1. The van der Waals surface area contributed by atoms with E-state index in [-0.39, 0.29) is 29.7 Å². The highest BCUT2D eigenvalue weighted by molar-refractivity contribution is 6.32. The van der Waals surface area contributed by atoms with Gasteiger partial charge in [-0.15, -0.1) is 0 Å². The van der Waals surface area contributed by atoms with Crippen molar-refractivity contribution < 1.29 is 14.3 Å². The van der Waals surface area contributed by atoms with E-state index in [1.165, 1.54) is 12.7 Å². The minimum absolute atomic E-state index is 0.0420. The lowest BCUT2D eigenvalue weighted by Gasteiger charge is -2.23. The van der Waals surface area contributed by atoms with Crippen LogP contribution in [-0.2, 0) is 16.0 Å². The third-order valence-corrected chi connectivity index (χ3v) is 5.60. The molecule has 2 aromatic carbocycles. The summed E-state index contributed by atoms with van der Waals surface area (Å²) < 4.78 is 5.11. The van der Waals surface area contributed by atoms with E-state index in [9.17, 15) is 9.59 Å². The summed E-state index contributed by atoms with van der Waals surface area (Å²) in [5.41, 5.74) is 2.76. The second-order valence-corrected chi connectivity index (χ2v) is 7.58. The Labute approximate surface area is 163 Å². The van der Waals surface area contributed by atoms with Gasteiger partial charge >= 0.3 is 0 Å². The molecular weight excluding hydrogens is 364 g/mol. The van der Waals surface area contributed by atoms with Crippen LogP contribution in [0.3, 0.4) is 0 Å². The number of hydrogen-bond acceptors (Lipinski definition) is 3. The van der Waals surface area contributed by atoms with E-state index < -0.39 is 0 Å². The van der Waals surface area contributed by atoms with Gasteiger partial charge in [0, 0.05) is 17.4 Å². The van der Waals surface area contributed by atoms with Crippen LogP contribution < -0.4 is 15.0 Å². The van der Waals surface area contributed by atoms with Gasteiger partial charge < -0.3 is 15.0 Å². The summed E-state index contributed by atoms with van der Waals surface area (Å²) in [5.74, 6) is -0.100. The Morgan fingerprint density at radius 2 is 1.96 bits per heavy atom. The zero-order valence-corrected chi connectivity index (χ0v) is 16.0. The fourth-order valence-electron chi connectivity index (χ4n) is 3.82. The number of methoxy groups -OCH3 is 1. The van der Waals surface area contributed by atoms with E-state index in [1.807, 2.05) is 23.1 Å². The maximum Gasteiger partial charge on any atom is 0.231 e. The first-order chi connectivity index (χ1) is 13.0. The van der Waals surface area contributed by atoms with Crippen LogP contribution in [0.4, 0.5) is 11.4 Å². The quantitative estimate of drug-likeness (QED) is 0.869. The van der Waals surface area contributed by atoms with Crippen molar-refractivity contribution in [2.45, 2.75) is 25.8 Å². The molecule has 3 unspecified atom stereocenters. The molecule has 2 aromatic rings. The number of halogens is 1. The molecule has 2 aliphatic rings. The molecule has 0 saturated heterocycles. The number of benzene rings is 2. The third kappa shape index (κ3) is 3.28. The Balaban J connectivity index is 1.43. The highest BCUT2D eigenvalue weighted by atomic mass is 35.5. The second kappa shape index (κ2) is 6.89. The number of amides is 2. The molecule has 5 nitrogen and oxygen atoms in total. The summed E-state index contributed by atoms with van der Waals surface area (Å²) in [6, 6.07) is 13.2. The number of carbonyl (C=O) groups is 2. The molecule has 1 heterocycles. The normalized spacial score (nSPS) is 22.9. The predicted molar refractivity (Wildman–Crippen MR) is 105 cm³/mol. The molecule has 1 N–H and O–H groups in total. The van der Waals surface area contributed by atoms with Gasteiger partial charge in [0.25, 0.3) is 0 Å². The summed E-state index contributed by atoms with van der Waals surface area (Å²) in [4.78, 5) is 27.4. The van der Waals surface area contributed by atoms with E-state index in [2.05, 4.69) is 18.3 Å². The third-order valence-electron chi connectivity index (χ3n) is 5.31. The molecule has 1 aliphatic heterocycles. The number of para-hydroxylation sites is 1. The molecule has 0 spiro atoms. The first-order valence-corrected chi connectivity index (χ1v) is 9.42. The summed E-state index contributed by atoms with van der Waals surface area (Å²) >= 11 is 6.10. The van der Waals surface area contributed by atoms with E-state index in [4.69, 9.17) is 16.3 Å². The number of carbonyl (C=O) groups excluding carboxylic acids is 2. The molecule has 1 aliphatic carbocycles. The summed E-state index contributed by atoms with van der Waals surface area (Å²) in [5, 5.41) is 3.28. The number of fused-ring (bicyclic) bond motifs is 1. The molecule has 6 heteroatoms. The monoisotopic (exact) mass is 384 g/mol. The van der Waals surface area contributed by atoms with Gasteiger partial charge in [0.05, 0.1) is 24.0 Å². The average molecular weight is 385 g/mol. The van der Waals surface area contributed by atoms with Crippen molar-refractivity contribution in [2.24, 2.45) is 11.8 Å². The van der Waals surface area contributed by atoms with E-state index in [0.717, 1.165) is 12.1 Å². The van der Waals surface area contributed by atoms with Gasteiger partial charge in [-0.25, -0.2) is 0 Å². The standard InChI is InChI=1S/C21H21ClN2O3/c1-12-9-13-5-3-4-6-18(13)24(12)21(26)16-11-15(16)20(25)23-14-7-8-19(27-2)17(22)10-14/h3-8,10,12,15-16H,9,11H2,1-2H3,(H,23,25). The van der Waals surface area contributed by atoms with E-state index >= 15 is 0 Å². The minimum Gasteiger partial charge on any atom is -0.495 e. The maximum atomic E-state index is 13.0. The molecule has 0 aromatic heterocycles. The van der Waals surface area contributed by atoms with Crippen LogP contribution in [0.1, 0.15) is 18.9 Å². The molecule has 140 valence electrons. The molecular formula is C21H21ClN2O3. The molecule has 27 heavy (non-hydrogen) atoms. The fourth-order valence-corrected chi connectivity index (χ4v) is 4.07. The summed E-state index contributed by atoms with van der Waals surface area (Å²) in [7, 11) is 1.54. The number of nitrogens with zero attached hydrogens (tertiary/aromatic N) is 1. The van der Waals surface area contributed by atoms with Gasteiger partial charge in [0.15, 0.2) is 0 Å². The summed E-state index contributed by atoms with van der Waals surface area (Å²) in [6.07, 6.45) is 1.44. The molecule has 1 fully saturated rings. The number of rotatable bonds is 4. The lowest BCUT2D eigenvalue weighted by Crippen LogP contribution is -2.37. The van der Waals surface area contributed by atoms with Crippen LogP contribution in [0, 0.1) is 11.8 Å². The van der Waals surface area contributed by atoms with Crippen molar-refractivity contribution in [3.8, 4) is 5.75 Å². The van der Waals surface area contributed by atoms with Crippen molar-refractivity contribution in [1.29, 1.82) is 0 Å². The lowest BCUT2D eigenvalue weighted by molar-refractivity contribution is -0.123. The largest absolute Gasteiger partial charge is 0.495 e. The SMILES string of the molecule is COc1ccc(NC(=O)C2CC2C(=O)N2c3ccccc3CC2C)cc1Cl. The average Bonchev–Trinajstić information content (AvgIpc) is 3.38. The number of anilines is 2. The van der Waals surface area contributed by atoms with Crippen LogP contribution in [0.15, 0.2) is 42.5 Å². The predicted octanol–water partition coefficient (Wildman–Crippen LogP) is 3.90. The van der Waals surface area contributed by atoms with Gasteiger partial charge in [0.2, 0.25) is 11.8 Å². The Hall–Kier alpha value is -2.53. The Morgan fingerprint density at radius 3 is 2.70 bits per heavy atom. The van der Waals surface area contributed by atoms with Gasteiger partial charge in [-0.2, -0.15) is 0 Å². The number of ether oxygens (including phenoxy) is 1. The highest BCUT2D eigenvalue weighted by Gasteiger charge is 2.51. The molecule has 2 amide bonds. The van der Waals surface area contributed by atoms with E-state index in [1.54, 1.807) is 18.2 Å². The van der Waals surface area contributed by atoms with Gasteiger partial charge in [-0.05, 0) is 49.6 Å². The Morgan fingerprint density at radius 1 is 1.19 bits per heavy atom. The van der Waals surface area contributed by atoms with E-state index in [0.29, 0.717) is 22.9 Å². The molecule has 3 atom stereocenters. The van der Waals surface area contributed by atoms with Crippen LogP contribution in [-0.4, -0.2) is 25.0 Å². The lowest BCUT2D eigenvalue weighted by atomic mass is 10.1. The van der Waals surface area contributed by atoms with Crippen LogP contribution >= 0.6 is 11.6 Å². The molecule has 1 saturated carbocycles. The van der Waals surface area contributed by atoms with Gasteiger partial charge in [-0.3, -0.25) is 9.59 Å². The minimum atomic E-state index is -0.293. The van der Waals surface area contributed by atoms with Gasteiger partial charge in [0.1, 0.15) is 5.75 Å². The fraction of sp³-hybridized carbons (Fsp3) is 0.333. The van der Waals surface area contributed by atoms with Crippen LogP contribution in [0.25, 0.3) is 0 Å². The van der Waals surface area contributed by atoms with Crippen molar-refractivity contribution >= 4 is 34.8 Å². The molecule has 0 bridgehead atoms. The van der Waals surface area contributed by atoms with Crippen LogP contribution in [0.2, 0.25) is 5.02 Å². The first kappa shape index (κ1) is 17.9. The van der Waals surface area contributed by atoms with Crippen molar-refractivity contribution in [3.63, 3.8) is 0 Å². The highest BCUT2D eigenvalue weighted by Crippen LogP contribution is 2.44. The van der Waals surface area contributed by atoms with Crippen molar-refractivity contribution in [2.75, 3.05) is 17.3 Å². The molecule has 0 radical (unpaired) electrons. The smallest absolute Gasteiger partial charge is 0.231 e. The van der Waals surface area contributed by atoms with Crippen molar-refractivity contribution in [3.05, 3.63) is 53.1 Å². The topological polar surface area (TPSA) is 58.6 Å². The van der Waals surface area contributed by atoms with Crippen molar-refractivity contribution in [1.82, 2.24) is 0 Å². The zero-order valence-electron chi connectivity index (χ0n) is 15.2. The zero-order chi connectivity index (χ0) is 19.1.